The Morgan fingerprint density at radius 1 is 0.909 bits per heavy atom. The molecule has 0 aliphatic carbocycles. The van der Waals surface area contributed by atoms with Crippen LogP contribution < -0.4 is 14.8 Å². The maximum absolute atomic E-state index is 14.9. The summed E-state index contributed by atoms with van der Waals surface area (Å²) in [5, 5.41) is 3.39. The molecule has 0 aromatic heterocycles. The second-order valence-electron chi connectivity index (χ2n) is 8.12. The van der Waals surface area contributed by atoms with E-state index in [9.17, 15) is 8.78 Å². The second kappa shape index (κ2) is 11.3. The molecule has 4 rings (SSSR count). The Morgan fingerprint density at radius 3 is 2.55 bits per heavy atom. The molecule has 1 heterocycles. The Hall–Kier alpha value is -2.96. The molecular weight excluding hydrogens is 422 g/mol. The molecule has 1 N–H and O–H groups in total. The third-order valence-electron chi connectivity index (χ3n) is 5.82. The quantitative estimate of drug-likeness (QED) is 0.501. The van der Waals surface area contributed by atoms with E-state index in [4.69, 9.17) is 9.47 Å². The third kappa shape index (κ3) is 5.89. The van der Waals surface area contributed by atoms with Gasteiger partial charge in [0.25, 0.3) is 0 Å². The topological polar surface area (TPSA) is 33.7 Å². The van der Waals surface area contributed by atoms with E-state index in [0.29, 0.717) is 30.3 Å². The molecule has 174 valence electrons. The zero-order chi connectivity index (χ0) is 23.0. The van der Waals surface area contributed by atoms with Crippen LogP contribution in [0.25, 0.3) is 0 Å². The molecule has 4 nitrogen and oxygen atoms in total. The highest BCUT2D eigenvalue weighted by Gasteiger charge is 2.27. The summed E-state index contributed by atoms with van der Waals surface area (Å²) < 4.78 is 40.6. The fourth-order valence-corrected chi connectivity index (χ4v) is 4.25. The molecule has 1 aliphatic heterocycles. The molecule has 1 atom stereocenters. The van der Waals surface area contributed by atoms with Crippen LogP contribution in [-0.4, -0.2) is 37.7 Å². The Balaban J connectivity index is 1.68. The summed E-state index contributed by atoms with van der Waals surface area (Å²) in [5.74, 6) is 0.137. The average Bonchev–Trinajstić information content (AvgIpc) is 3.10. The summed E-state index contributed by atoms with van der Waals surface area (Å²) in [6.07, 6.45) is 0.954. The van der Waals surface area contributed by atoms with Crippen LogP contribution in [0.2, 0.25) is 0 Å². The zero-order valence-corrected chi connectivity index (χ0v) is 18.9. The van der Waals surface area contributed by atoms with Crippen LogP contribution in [0, 0.1) is 11.6 Å². The van der Waals surface area contributed by atoms with Crippen molar-refractivity contribution in [3.63, 3.8) is 0 Å². The van der Waals surface area contributed by atoms with E-state index in [1.165, 1.54) is 6.07 Å². The van der Waals surface area contributed by atoms with E-state index in [1.807, 2.05) is 55.5 Å². The van der Waals surface area contributed by atoms with Crippen molar-refractivity contribution in [1.82, 2.24) is 10.2 Å². The molecule has 0 amide bonds. The molecule has 6 heteroatoms. The van der Waals surface area contributed by atoms with Crippen LogP contribution in [-0.2, 0) is 6.61 Å². The first-order valence-electron chi connectivity index (χ1n) is 11.5. The summed E-state index contributed by atoms with van der Waals surface area (Å²) >= 11 is 0. The first-order valence-corrected chi connectivity index (χ1v) is 11.5. The maximum Gasteiger partial charge on any atom is 0.161 e. The fraction of sp³-hybridized carbons (Fsp3) is 0.333. The van der Waals surface area contributed by atoms with Crippen molar-refractivity contribution in [1.29, 1.82) is 0 Å². The van der Waals surface area contributed by atoms with Gasteiger partial charge < -0.3 is 14.8 Å². The lowest BCUT2D eigenvalue weighted by molar-refractivity contribution is 0.234. The monoisotopic (exact) mass is 452 g/mol. The van der Waals surface area contributed by atoms with E-state index in [-0.39, 0.29) is 6.04 Å². The molecule has 0 radical (unpaired) electrons. The Morgan fingerprint density at radius 2 is 1.76 bits per heavy atom. The molecule has 33 heavy (non-hydrogen) atoms. The number of ether oxygens (including phenoxy) is 2. The standard InChI is InChI=1S/C27H30F2N2O2/c1-2-32-26-17-21(9-12-25(26)33-19-20-7-4-3-5-8-20)27(31-15-6-13-30-14-16-31)23-11-10-22(28)18-24(23)29/h3-5,7-12,17-18,27,30H,2,6,13-16,19H2,1H3. The first-order chi connectivity index (χ1) is 16.2. The minimum atomic E-state index is -0.577. The Bertz CT molecular complexity index is 1040. The van der Waals surface area contributed by atoms with Crippen molar-refractivity contribution in [2.24, 2.45) is 0 Å². The van der Waals surface area contributed by atoms with Gasteiger partial charge in [0, 0.05) is 31.3 Å². The lowest BCUT2D eigenvalue weighted by Gasteiger charge is -2.32. The van der Waals surface area contributed by atoms with Gasteiger partial charge in [0.2, 0.25) is 0 Å². The van der Waals surface area contributed by atoms with Crippen molar-refractivity contribution >= 4 is 0 Å². The zero-order valence-electron chi connectivity index (χ0n) is 18.9. The van der Waals surface area contributed by atoms with Crippen LogP contribution >= 0.6 is 0 Å². The van der Waals surface area contributed by atoms with Crippen LogP contribution in [0.4, 0.5) is 8.78 Å². The highest BCUT2D eigenvalue weighted by Crippen LogP contribution is 2.37. The van der Waals surface area contributed by atoms with Gasteiger partial charge in [-0.3, -0.25) is 4.90 Å². The normalized spacial score (nSPS) is 15.6. The van der Waals surface area contributed by atoms with Gasteiger partial charge in [-0.2, -0.15) is 0 Å². The van der Waals surface area contributed by atoms with Crippen LogP contribution in [0.5, 0.6) is 11.5 Å². The molecule has 3 aromatic carbocycles. The highest BCUT2D eigenvalue weighted by atomic mass is 19.1. The summed E-state index contributed by atoms with van der Waals surface area (Å²) in [4.78, 5) is 2.24. The third-order valence-corrected chi connectivity index (χ3v) is 5.82. The summed E-state index contributed by atoms with van der Waals surface area (Å²) in [6, 6.07) is 19.2. The van der Waals surface area contributed by atoms with Gasteiger partial charge in [-0.25, -0.2) is 8.78 Å². The lowest BCUT2D eigenvalue weighted by atomic mass is 9.95. The minimum Gasteiger partial charge on any atom is -0.490 e. The lowest BCUT2D eigenvalue weighted by Crippen LogP contribution is -2.33. The number of nitrogens with one attached hydrogen (secondary N) is 1. The van der Waals surface area contributed by atoms with Crippen molar-refractivity contribution < 1.29 is 18.3 Å². The predicted molar refractivity (Wildman–Crippen MR) is 126 cm³/mol. The SMILES string of the molecule is CCOc1cc(C(c2ccc(F)cc2F)N2CCCNCC2)ccc1OCc1ccccc1. The molecule has 3 aromatic rings. The number of hydrogen-bond acceptors (Lipinski definition) is 4. The molecule has 1 aliphatic rings. The van der Waals surface area contributed by atoms with Gasteiger partial charge in [-0.15, -0.1) is 0 Å². The van der Waals surface area contributed by atoms with Gasteiger partial charge >= 0.3 is 0 Å². The molecule has 0 spiro atoms. The number of halogens is 2. The smallest absolute Gasteiger partial charge is 0.161 e. The number of benzene rings is 3. The number of rotatable bonds is 8. The van der Waals surface area contributed by atoms with E-state index in [1.54, 1.807) is 6.07 Å². The molecular formula is C27H30F2N2O2. The van der Waals surface area contributed by atoms with Crippen LogP contribution in [0.15, 0.2) is 66.7 Å². The highest BCUT2D eigenvalue weighted by molar-refractivity contribution is 5.46. The van der Waals surface area contributed by atoms with Crippen molar-refractivity contribution in [3.8, 4) is 11.5 Å². The van der Waals surface area contributed by atoms with E-state index in [2.05, 4.69) is 10.2 Å². The molecule has 1 fully saturated rings. The van der Waals surface area contributed by atoms with Crippen LogP contribution in [0.3, 0.4) is 0 Å². The minimum absolute atomic E-state index is 0.354. The Labute approximate surface area is 194 Å². The predicted octanol–water partition coefficient (Wildman–Crippen LogP) is 5.33. The van der Waals surface area contributed by atoms with Crippen LogP contribution in [0.1, 0.15) is 36.1 Å². The molecule has 1 saturated heterocycles. The molecule has 0 bridgehead atoms. The summed E-state index contributed by atoms with van der Waals surface area (Å²) in [7, 11) is 0. The van der Waals surface area contributed by atoms with E-state index in [0.717, 1.165) is 49.8 Å². The van der Waals surface area contributed by atoms with E-state index >= 15 is 0 Å². The number of nitrogens with zero attached hydrogens (tertiary/aromatic N) is 1. The molecule has 0 saturated carbocycles. The summed E-state index contributed by atoms with van der Waals surface area (Å²) in [5.41, 5.74) is 2.41. The fourth-order valence-electron chi connectivity index (χ4n) is 4.25. The van der Waals surface area contributed by atoms with Gasteiger partial charge in [-0.1, -0.05) is 42.5 Å². The maximum atomic E-state index is 14.9. The summed E-state index contributed by atoms with van der Waals surface area (Å²) in [6.45, 7) is 6.14. The van der Waals surface area contributed by atoms with Gasteiger partial charge in [0.15, 0.2) is 11.5 Å². The first kappa shape index (κ1) is 23.2. The van der Waals surface area contributed by atoms with Crippen molar-refractivity contribution in [2.45, 2.75) is 26.0 Å². The van der Waals surface area contributed by atoms with Gasteiger partial charge in [0.1, 0.15) is 18.2 Å². The average molecular weight is 453 g/mol. The Kier molecular flexibility index (Phi) is 7.92. The van der Waals surface area contributed by atoms with Crippen molar-refractivity contribution in [2.75, 3.05) is 32.8 Å². The van der Waals surface area contributed by atoms with Gasteiger partial charge in [-0.05, 0) is 49.2 Å². The molecule has 1 unspecified atom stereocenters. The second-order valence-corrected chi connectivity index (χ2v) is 8.12. The van der Waals surface area contributed by atoms with Gasteiger partial charge in [0.05, 0.1) is 12.6 Å². The number of hydrogen-bond donors (Lipinski definition) is 1. The van der Waals surface area contributed by atoms with E-state index < -0.39 is 11.6 Å². The van der Waals surface area contributed by atoms with Crippen molar-refractivity contribution in [3.05, 3.63) is 95.1 Å². The largest absolute Gasteiger partial charge is 0.490 e.